The molecule has 1 aromatic heterocycles. The number of halogens is 3. The number of carboxylic acids is 1. The van der Waals surface area contributed by atoms with Crippen molar-refractivity contribution in [3.63, 3.8) is 0 Å². The van der Waals surface area contributed by atoms with Gasteiger partial charge in [-0.05, 0) is 6.07 Å². The molecule has 1 heterocycles. The number of nitrogens with two attached hydrogens (primary N) is 1. The van der Waals surface area contributed by atoms with E-state index in [1.54, 1.807) is 10.7 Å². The van der Waals surface area contributed by atoms with Gasteiger partial charge in [-0.15, -0.1) is 0 Å². The molecule has 0 spiro atoms. The Balaban J connectivity index is 0.000000534. The van der Waals surface area contributed by atoms with Gasteiger partial charge in [0.05, 0.1) is 44.4 Å². The van der Waals surface area contributed by atoms with Crippen molar-refractivity contribution in [1.82, 2.24) is 9.78 Å². The van der Waals surface area contributed by atoms with E-state index in [2.05, 4.69) is 5.10 Å². The summed E-state index contributed by atoms with van der Waals surface area (Å²) in [5.74, 6) is -2.76. The summed E-state index contributed by atoms with van der Waals surface area (Å²) >= 11 is 0. The number of carboxylic acid groups (broad SMARTS) is 1. The second-order valence-electron chi connectivity index (χ2n) is 3.87. The van der Waals surface area contributed by atoms with Gasteiger partial charge in [0.1, 0.15) is 0 Å². The van der Waals surface area contributed by atoms with Gasteiger partial charge in [-0.25, -0.2) is 4.79 Å². The molecule has 0 aromatic carbocycles. The molecule has 0 aliphatic heterocycles. The van der Waals surface area contributed by atoms with Crippen LogP contribution in [0, 0.1) is 0 Å². The molecule has 0 unspecified atom stereocenters. The number of nitrogens with zero attached hydrogens (tertiary/aromatic N) is 2. The molecule has 1 rings (SSSR count). The van der Waals surface area contributed by atoms with E-state index in [-0.39, 0.29) is 13.2 Å². The van der Waals surface area contributed by atoms with Gasteiger partial charge < -0.3 is 25.8 Å². The van der Waals surface area contributed by atoms with E-state index in [1.165, 1.54) is 0 Å². The largest absolute Gasteiger partial charge is 0.490 e. The summed E-state index contributed by atoms with van der Waals surface area (Å²) in [6.45, 7) is 1.84. The van der Waals surface area contributed by atoms with Crippen LogP contribution in [0.2, 0.25) is 0 Å². The minimum atomic E-state index is -5.08. The van der Waals surface area contributed by atoms with Crippen molar-refractivity contribution < 1.29 is 38.0 Å². The number of aromatic nitrogens is 2. The highest BCUT2D eigenvalue weighted by Crippen LogP contribution is 2.13. The Bertz CT molecular complexity index is 451. The predicted octanol–water partition coefficient (Wildman–Crippen LogP) is -0.524. The van der Waals surface area contributed by atoms with Crippen LogP contribution in [-0.4, -0.2) is 57.0 Å². The smallest absolute Gasteiger partial charge is 0.475 e. The summed E-state index contributed by atoms with van der Waals surface area (Å²) in [6, 6.07) is 1.67. The highest BCUT2D eigenvalue weighted by atomic mass is 19.4. The summed E-state index contributed by atoms with van der Waals surface area (Å²) in [5, 5.41) is 29.1. The van der Waals surface area contributed by atoms with E-state index < -0.39 is 12.1 Å². The molecule has 5 N–H and O–H groups in total. The lowest BCUT2D eigenvalue weighted by atomic mass is 10.4. The topological polar surface area (TPSA) is 131 Å². The Hall–Kier alpha value is -1.69. The van der Waals surface area contributed by atoms with Crippen molar-refractivity contribution in [2.45, 2.75) is 25.9 Å². The fraction of sp³-hybridized carbons (Fsp3) is 0.636. The van der Waals surface area contributed by atoms with E-state index >= 15 is 0 Å². The van der Waals surface area contributed by atoms with Gasteiger partial charge >= 0.3 is 12.1 Å². The first kappa shape index (κ1) is 20.3. The van der Waals surface area contributed by atoms with Crippen molar-refractivity contribution in [3.8, 4) is 0 Å². The molecule has 22 heavy (non-hydrogen) atoms. The molecule has 11 heteroatoms. The summed E-state index contributed by atoms with van der Waals surface area (Å²) < 4.78 is 38.6. The molecule has 0 bridgehead atoms. The second-order valence-corrected chi connectivity index (χ2v) is 3.87. The summed E-state index contributed by atoms with van der Waals surface area (Å²) in [6.07, 6.45) is -5.08. The van der Waals surface area contributed by atoms with Gasteiger partial charge in [0.2, 0.25) is 0 Å². The van der Waals surface area contributed by atoms with Gasteiger partial charge in [0, 0.05) is 6.54 Å². The molecule has 1 aromatic rings. The zero-order valence-corrected chi connectivity index (χ0v) is 11.6. The van der Waals surface area contributed by atoms with Crippen LogP contribution >= 0.6 is 0 Å². The lowest BCUT2D eigenvalue weighted by Crippen LogP contribution is -2.21. The van der Waals surface area contributed by atoms with Crippen molar-refractivity contribution in [3.05, 3.63) is 17.5 Å². The third kappa shape index (κ3) is 7.93. The van der Waals surface area contributed by atoms with Crippen molar-refractivity contribution >= 4 is 5.97 Å². The standard InChI is InChI=1S/C9H17N3O3.C2HF3O2/c10-1-3-15-4-2-12-9(7-14)5-8(6-13)11-12;3-2(4,5)1(6)7/h5,13-14H,1-4,6-7,10H2;(H,6,7). The monoisotopic (exact) mass is 329 g/mol. The van der Waals surface area contributed by atoms with Gasteiger partial charge in [-0.1, -0.05) is 0 Å². The Kier molecular flexibility index (Phi) is 9.33. The Morgan fingerprint density at radius 1 is 1.32 bits per heavy atom. The fourth-order valence-corrected chi connectivity index (χ4v) is 1.25. The highest BCUT2D eigenvalue weighted by Gasteiger charge is 2.38. The normalized spacial score (nSPS) is 11.0. The van der Waals surface area contributed by atoms with E-state index in [0.717, 1.165) is 0 Å². The summed E-state index contributed by atoms with van der Waals surface area (Å²) in [4.78, 5) is 8.90. The molecular weight excluding hydrogens is 311 g/mol. The first-order chi connectivity index (χ1) is 10.3. The highest BCUT2D eigenvalue weighted by molar-refractivity contribution is 5.73. The van der Waals surface area contributed by atoms with Crippen molar-refractivity contribution in [2.75, 3.05) is 19.8 Å². The minimum absolute atomic E-state index is 0.0934. The molecular formula is C11H18F3N3O5. The quantitative estimate of drug-likeness (QED) is 0.495. The average molecular weight is 329 g/mol. The fourth-order valence-electron chi connectivity index (χ4n) is 1.25. The SMILES string of the molecule is NCCOCCn1nc(CO)cc1CO.O=C(O)C(F)(F)F. The van der Waals surface area contributed by atoms with E-state index in [1.807, 2.05) is 0 Å². The molecule has 0 amide bonds. The zero-order chi connectivity index (χ0) is 17.2. The van der Waals surface area contributed by atoms with Crippen LogP contribution in [0.25, 0.3) is 0 Å². The lowest BCUT2D eigenvalue weighted by molar-refractivity contribution is -0.192. The number of carbonyl (C=O) groups is 1. The lowest BCUT2D eigenvalue weighted by Gasteiger charge is -2.05. The maximum Gasteiger partial charge on any atom is 0.490 e. The summed E-state index contributed by atoms with van der Waals surface area (Å²) in [7, 11) is 0. The molecule has 0 saturated carbocycles. The Morgan fingerprint density at radius 3 is 2.32 bits per heavy atom. The van der Waals surface area contributed by atoms with Gasteiger partial charge in [0.15, 0.2) is 0 Å². The number of rotatable bonds is 7. The third-order valence-corrected chi connectivity index (χ3v) is 2.19. The molecule has 0 atom stereocenters. The molecule has 0 fully saturated rings. The molecule has 0 radical (unpaired) electrons. The number of aliphatic carboxylic acids is 1. The molecule has 8 nitrogen and oxygen atoms in total. The van der Waals surface area contributed by atoms with E-state index in [0.29, 0.717) is 37.7 Å². The third-order valence-electron chi connectivity index (χ3n) is 2.19. The minimum Gasteiger partial charge on any atom is -0.475 e. The van der Waals surface area contributed by atoms with Crippen molar-refractivity contribution in [1.29, 1.82) is 0 Å². The van der Waals surface area contributed by atoms with Gasteiger partial charge in [-0.3, -0.25) is 4.68 Å². The van der Waals surface area contributed by atoms with Crippen LogP contribution in [0.5, 0.6) is 0 Å². The van der Waals surface area contributed by atoms with Crippen LogP contribution in [0.1, 0.15) is 11.4 Å². The van der Waals surface area contributed by atoms with Crippen LogP contribution in [0.15, 0.2) is 6.07 Å². The Labute approximate surface area is 123 Å². The van der Waals surface area contributed by atoms with Gasteiger partial charge in [0.25, 0.3) is 0 Å². The van der Waals surface area contributed by atoms with E-state index in [9.17, 15) is 13.2 Å². The number of hydrogen-bond donors (Lipinski definition) is 4. The molecule has 0 aliphatic rings. The second kappa shape index (κ2) is 10.1. The zero-order valence-electron chi connectivity index (χ0n) is 11.6. The number of aliphatic hydroxyl groups excluding tert-OH is 2. The maximum atomic E-state index is 10.6. The molecule has 128 valence electrons. The summed E-state index contributed by atoms with van der Waals surface area (Å²) in [5.41, 5.74) is 6.50. The predicted molar refractivity (Wildman–Crippen MR) is 67.6 cm³/mol. The average Bonchev–Trinajstić information content (AvgIpc) is 2.85. The van der Waals surface area contributed by atoms with Crippen LogP contribution in [0.3, 0.4) is 0 Å². The Morgan fingerprint density at radius 2 is 1.91 bits per heavy atom. The van der Waals surface area contributed by atoms with Crippen LogP contribution in [-0.2, 0) is 29.3 Å². The van der Waals surface area contributed by atoms with Crippen LogP contribution < -0.4 is 5.73 Å². The maximum absolute atomic E-state index is 10.6. The number of alkyl halides is 3. The van der Waals surface area contributed by atoms with Gasteiger partial charge in [-0.2, -0.15) is 18.3 Å². The number of ether oxygens (including phenoxy) is 1. The number of hydrogen-bond acceptors (Lipinski definition) is 6. The van der Waals surface area contributed by atoms with Crippen LogP contribution in [0.4, 0.5) is 13.2 Å². The number of aliphatic hydroxyl groups is 2. The van der Waals surface area contributed by atoms with Crippen molar-refractivity contribution in [2.24, 2.45) is 5.73 Å². The first-order valence-electron chi connectivity index (χ1n) is 6.11. The first-order valence-corrected chi connectivity index (χ1v) is 6.11. The molecule has 0 aliphatic carbocycles. The van der Waals surface area contributed by atoms with E-state index in [4.69, 9.17) is 30.6 Å². The molecule has 0 saturated heterocycles.